The molecule has 0 aliphatic rings. The zero-order valence-electron chi connectivity index (χ0n) is 7.27. The van der Waals surface area contributed by atoms with Crippen molar-refractivity contribution in [3.63, 3.8) is 0 Å². The molecule has 0 radical (unpaired) electrons. The Balaban J connectivity index is 3.15. The standard InChI is InChI=1S/C9H10FNO3/c10-5-1-2-8(12)6(3-5)7(4-11)9(13)14/h1-3,7,12H,4,11H2,(H,13,14). The van der Waals surface area contributed by atoms with Crippen LogP contribution in [0.5, 0.6) is 5.75 Å². The number of halogens is 1. The molecule has 0 saturated carbocycles. The van der Waals surface area contributed by atoms with Crippen molar-refractivity contribution in [3.05, 3.63) is 29.6 Å². The molecular weight excluding hydrogens is 189 g/mol. The van der Waals surface area contributed by atoms with Crippen molar-refractivity contribution in [2.45, 2.75) is 5.92 Å². The Hall–Kier alpha value is -1.62. The molecule has 0 spiro atoms. The van der Waals surface area contributed by atoms with E-state index < -0.39 is 17.7 Å². The molecule has 0 saturated heterocycles. The van der Waals surface area contributed by atoms with Crippen molar-refractivity contribution in [3.8, 4) is 5.75 Å². The van der Waals surface area contributed by atoms with Crippen LogP contribution in [0.1, 0.15) is 11.5 Å². The van der Waals surface area contributed by atoms with Crippen molar-refractivity contribution in [1.82, 2.24) is 0 Å². The number of carboxylic acids is 1. The predicted molar refractivity (Wildman–Crippen MR) is 47.5 cm³/mol. The van der Waals surface area contributed by atoms with Crippen LogP contribution in [0, 0.1) is 5.82 Å². The van der Waals surface area contributed by atoms with Crippen molar-refractivity contribution >= 4 is 5.97 Å². The minimum atomic E-state index is -1.19. The molecule has 1 unspecified atom stereocenters. The fourth-order valence-corrected chi connectivity index (χ4v) is 1.17. The second kappa shape index (κ2) is 4.06. The molecule has 1 aromatic rings. The monoisotopic (exact) mass is 199 g/mol. The molecule has 0 heterocycles. The molecule has 4 N–H and O–H groups in total. The average Bonchev–Trinajstić information content (AvgIpc) is 2.11. The molecule has 4 nitrogen and oxygen atoms in total. The quantitative estimate of drug-likeness (QED) is 0.667. The van der Waals surface area contributed by atoms with E-state index in [0.717, 1.165) is 18.2 Å². The number of phenolic OH excluding ortho intramolecular Hbond substituents is 1. The van der Waals surface area contributed by atoms with Crippen molar-refractivity contribution in [1.29, 1.82) is 0 Å². The molecule has 0 aromatic heterocycles. The van der Waals surface area contributed by atoms with E-state index >= 15 is 0 Å². The molecule has 1 rings (SSSR count). The highest BCUT2D eigenvalue weighted by Crippen LogP contribution is 2.26. The van der Waals surface area contributed by atoms with Crippen LogP contribution in [-0.4, -0.2) is 22.7 Å². The molecule has 0 amide bonds. The Morgan fingerprint density at radius 1 is 1.57 bits per heavy atom. The molecular formula is C9H10FNO3. The summed E-state index contributed by atoms with van der Waals surface area (Å²) in [6.07, 6.45) is 0. The lowest BCUT2D eigenvalue weighted by Gasteiger charge is -2.11. The van der Waals surface area contributed by atoms with Gasteiger partial charge >= 0.3 is 5.97 Å². The number of hydrogen-bond acceptors (Lipinski definition) is 3. The van der Waals surface area contributed by atoms with Gasteiger partial charge in [-0.3, -0.25) is 4.79 Å². The van der Waals surface area contributed by atoms with Gasteiger partial charge in [-0.25, -0.2) is 4.39 Å². The highest BCUT2D eigenvalue weighted by Gasteiger charge is 2.21. The number of carbonyl (C=O) groups is 1. The summed E-state index contributed by atoms with van der Waals surface area (Å²) >= 11 is 0. The highest BCUT2D eigenvalue weighted by molar-refractivity contribution is 5.77. The smallest absolute Gasteiger partial charge is 0.312 e. The maximum atomic E-state index is 12.8. The van der Waals surface area contributed by atoms with Gasteiger partial charge in [-0.2, -0.15) is 0 Å². The minimum Gasteiger partial charge on any atom is -0.508 e. The number of hydrogen-bond donors (Lipinski definition) is 3. The molecule has 1 aromatic carbocycles. The summed E-state index contributed by atoms with van der Waals surface area (Å²) < 4.78 is 12.8. The first-order valence-electron chi connectivity index (χ1n) is 3.97. The zero-order valence-corrected chi connectivity index (χ0v) is 7.27. The van der Waals surface area contributed by atoms with E-state index in [9.17, 15) is 14.3 Å². The van der Waals surface area contributed by atoms with Crippen LogP contribution in [0.3, 0.4) is 0 Å². The highest BCUT2D eigenvalue weighted by atomic mass is 19.1. The number of carboxylic acid groups (broad SMARTS) is 1. The largest absolute Gasteiger partial charge is 0.508 e. The SMILES string of the molecule is NCC(C(=O)O)c1cc(F)ccc1O. The number of benzene rings is 1. The van der Waals surface area contributed by atoms with Crippen molar-refractivity contribution in [2.75, 3.05) is 6.54 Å². The van der Waals surface area contributed by atoms with Crippen molar-refractivity contribution < 1.29 is 19.4 Å². The van der Waals surface area contributed by atoms with E-state index in [1.54, 1.807) is 0 Å². The summed E-state index contributed by atoms with van der Waals surface area (Å²) in [5.41, 5.74) is 5.21. The van der Waals surface area contributed by atoms with Gasteiger partial charge in [-0.05, 0) is 18.2 Å². The van der Waals surface area contributed by atoms with Gasteiger partial charge in [0.15, 0.2) is 0 Å². The molecule has 1 atom stereocenters. The number of nitrogens with two attached hydrogens (primary N) is 1. The van der Waals surface area contributed by atoms with E-state index in [2.05, 4.69) is 0 Å². The fourth-order valence-electron chi connectivity index (χ4n) is 1.17. The molecule has 0 bridgehead atoms. The van der Waals surface area contributed by atoms with Crippen LogP contribution in [0.15, 0.2) is 18.2 Å². The van der Waals surface area contributed by atoms with Gasteiger partial charge in [0.05, 0.1) is 5.92 Å². The Labute approximate surface area is 79.8 Å². The average molecular weight is 199 g/mol. The summed E-state index contributed by atoms with van der Waals surface area (Å²) in [6, 6.07) is 3.13. The summed E-state index contributed by atoms with van der Waals surface area (Å²) in [7, 11) is 0. The van der Waals surface area contributed by atoms with E-state index in [-0.39, 0.29) is 17.9 Å². The first-order chi connectivity index (χ1) is 6.56. The first-order valence-corrected chi connectivity index (χ1v) is 3.97. The van der Waals surface area contributed by atoms with Crippen molar-refractivity contribution in [2.24, 2.45) is 5.73 Å². The van der Waals surface area contributed by atoms with Gasteiger partial charge < -0.3 is 15.9 Å². The fraction of sp³-hybridized carbons (Fsp3) is 0.222. The summed E-state index contributed by atoms with van der Waals surface area (Å²) in [5, 5.41) is 18.0. The molecule has 0 aliphatic heterocycles. The van der Waals surface area contributed by atoms with Crippen LogP contribution < -0.4 is 5.73 Å². The molecule has 14 heavy (non-hydrogen) atoms. The van der Waals surface area contributed by atoms with Gasteiger partial charge in [0.1, 0.15) is 11.6 Å². The van der Waals surface area contributed by atoms with E-state index in [4.69, 9.17) is 10.8 Å². The summed E-state index contributed by atoms with van der Waals surface area (Å²) in [5.74, 6) is -3.12. The van der Waals surface area contributed by atoms with Gasteiger partial charge in [-0.15, -0.1) is 0 Å². The lowest BCUT2D eigenvalue weighted by molar-refractivity contribution is -0.138. The molecule has 0 aliphatic carbocycles. The lowest BCUT2D eigenvalue weighted by atomic mass is 9.98. The Bertz CT molecular complexity index is 354. The zero-order chi connectivity index (χ0) is 10.7. The van der Waals surface area contributed by atoms with Crippen LogP contribution >= 0.6 is 0 Å². The number of phenols is 1. The van der Waals surface area contributed by atoms with Crippen LogP contribution in [0.4, 0.5) is 4.39 Å². The van der Waals surface area contributed by atoms with Crippen LogP contribution in [0.25, 0.3) is 0 Å². The summed E-state index contributed by atoms with van der Waals surface area (Å²) in [4.78, 5) is 10.7. The van der Waals surface area contributed by atoms with Gasteiger partial charge in [0.2, 0.25) is 0 Å². The van der Waals surface area contributed by atoms with Gasteiger partial charge in [-0.1, -0.05) is 0 Å². The van der Waals surface area contributed by atoms with Crippen LogP contribution in [-0.2, 0) is 4.79 Å². The molecule has 5 heteroatoms. The maximum Gasteiger partial charge on any atom is 0.312 e. The lowest BCUT2D eigenvalue weighted by Crippen LogP contribution is -2.21. The van der Waals surface area contributed by atoms with Crippen LogP contribution in [0.2, 0.25) is 0 Å². The Kier molecular flexibility index (Phi) is 3.03. The number of rotatable bonds is 3. The minimum absolute atomic E-state index is 0.000000000000000444. The number of aromatic hydroxyl groups is 1. The summed E-state index contributed by atoms with van der Waals surface area (Å²) in [6.45, 7) is -0.188. The number of aliphatic carboxylic acids is 1. The van der Waals surface area contributed by atoms with E-state index in [0.29, 0.717) is 0 Å². The molecule has 0 fully saturated rings. The van der Waals surface area contributed by atoms with Gasteiger partial charge in [0.25, 0.3) is 0 Å². The normalized spacial score (nSPS) is 12.4. The second-order valence-electron chi connectivity index (χ2n) is 2.83. The Morgan fingerprint density at radius 3 is 2.71 bits per heavy atom. The van der Waals surface area contributed by atoms with Gasteiger partial charge in [0, 0.05) is 12.1 Å². The molecule has 76 valence electrons. The Morgan fingerprint density at radius 2 is 2.21 bits per heavy atom. The topological polar surface area (TPSA) is 83.6 Å². The third-order valence-electron chi connectivity index (χ3n) is 1.90. The van der Waals surface area contributed by atoms with E-state index in [1.807, 2.05) is 0 Å². The third-order valence-corrected chi connectivity index (χ3v) is 1.90. The maximum absolute atomic E-state index is 12.8. The third kappa shape index (κ3) is 2.00. The second-order valence-corrected chi connectivity index (χ2v) is 2.83. The van der Waals surface area contributed by atoms with E-state index in [1.165, 1.54) is 0 Å². The predicted octanol–water partition coefficient (Wildman–Crippen LogP) is 0.658. The first kappa shape index (κ1) is 10.5.